The smallest absolute Gasteiger partial charge is 0.0594 e. The Bertz CT molecular complexity index is 185. The molecule has 2 saturated heterocycles. The molecule has 2 aliphatic heterocycles. The molecule has 0 atom stereocenters. The Kier molecular flexibility index (Phi) is 12.0. The van der Waals surface area contributed by atoms with Gasteiger partial charge in [0.15, 0.2) is 0 Å². The van der Waals surface area contributed by atoms with Gasteiger partial charge in [-0.25, -0.2) is 0 Å². The van der Waals surface area contributed by atoms with Crippen molar-refractivity contribution in [3.05, 3.63) is 0 Å². The van der Waals surface area contributed by atoms with Crippen LogP contribution < -0.4 is 0 Å². The van der Waals surface area contributed by atoms with Crippen molar-refractivity contribution in [1.29, 1.82) is 0 Å². The van der Waals surface area contributed by atoms with E-state index < -0.39 is 10.8 Å². The summed E-state index contributed by atoms with van der Waals surface area (Å²) >= 11 is 0. The molecule has 0 radical (unpaired) electrons. The van der Waals surface area contributed by atoms with Gasteiger partial charge >= 0.3 is 0 Å². The van der Waals surface area contributed by atoms with Gasteiger partial charge in [-0.2, -0.15) is 0 Å². The average molecular weight is 280 g/mol. The van der Waals surface area contributed by atoms with Crippen LogP contribution in [0.1, 0.15) is 0 Å². The first-order valence-corrected chi connectivity index (χ1v) is 8.26. The topological polar surface area (TPSA) is 42.0 Å². The number of hydrogen-bond donors (Lipinski definition) is 0. The van der Waals surface area contributed by atoms with Crippen LogP contribution in [0.25, 0.3) is 0 Å². The van der Waals surface area contributed by atoms with E-state index in [0.717, 1.165) is 52.6 Å². The zero-order valence-electron chi connectivity index (χ0n) is 12.2. The summed E-state index contributed by atoms with van der Waals surface area (Å²) in [6.45, 7) is 8.04. The normalized spacial score (nSPS) is 21.6. The molecule has 110 valence electrons. The highest BCUT2D eigenvalue weighted by atomic mass is 32.2. The molecule has 2 aliphatic rings. The van der Waals surface area contributed by atoms with Crippen molar-refractivity contribution >= 4 is 10.8 Å². The lowest BCUT2D eigenvalue weighted by atomic mass is 10.5. The van der Waals surface area contributed by atoms with Crippen LogP contribution >= 0.6 is 0 Å². The van der Waals surface area contributed by atoms with Gasteiger partial charge in [0, 0.05) is 49.5 Å². The Morgan fingerprint density at radius 3 is 1.11 bits per heavy atom. The Labute approximate surface area is 114 Å². The number of morpholine rings is 2. The van der Waals surface area contributed by atoms with E-state index in [1.807, 2.05) is 0 Å². The average Bonchev–Trinajstić information content (AvgIpc) is 2.31. The van der Waals surface area contributed by atoms with Gasteiger partial charge in [-0.1, -0.05) is 0 Å². The minimum absolute atomic E-state index is 0.611. The van der Waals surface area contributed by atoms with E-state index in [1.165, 1.54) is 0 Å². The van der Waals surface area contributed by atoms with E-state index in [4.69, 9.17) is 9.47 Å². The predicted octanol–water partition coefficient (Wildman–Crippen LogP) is -0.108. The highest BCUT2D eigenvalue weighted by Crippen LogP contribution is 1.90. The molecule has 2 rings (SSSR count). The van der Waals surface area contributed by atoms with Gasteiger partial charge in [-0.05, 0) is 14.1 Å². The molecule has 0 N–H and O–H groups in total. The van der Waals surface area contributed by atoms with Gasteiger partial charge in [0.1, 0.15) is 0 Å². The zero-order valence-corrected chi connectivity index (χ0v) is 13.0. The number of nitrogens with zero attached hydrogens (tertiary/aromatic N) is 2. The third-order valence-electron chi connectivity index (χ3n) is 2.47. The highest BCUT2D eigenvalue weighted by molar-refractivity contribution is 7.83. The van der Waals surface area contributed by atoms with E-state index in [2.05, 4.69) is 23.9 Å². The summed E-state index contributed by atoms with van der Waals surface area (Å²) in [6.07, 6.45) is 3.28. The molecule has 0 amide bonds. The van der Waals surface area contributed by atoms with E-state index >= 15 is 0 Å². The molecule has 0 aromatic heterocycles. The highest BCUT2D eigenvalue weighted by Gasteiger charge is 2.02. The third kappa shape index (κ3) is 14.1. The molecular formula is C12H28N2O3S. The van der Waals surface area contributed by atoms with Gasteiger partial charge in [0.2, 0.25) is 0 Å². The minimum Gasteiger partial charge on any atom is -0.379 e. The van der Waals surface area contributed by atoms with E-state index in [1.54, 1.807) is 12.5 Å². The molecule has 0 spiro atoms. The predicted molar refractivity (Wildman–Crippen MR) is 76.6 cm³/mol. The van der Waals surface area contributed by atoms with Crippen LogP contribution in [0.5, 0.6) is 0 Å². The molecule has 0 aliphatic carbocycles. The van der Waals surface area contributed by atoms with Crippen molar-refractivity contribution in [2.75, 3.05) is 79.2 Å². The van der Waals surface area contributed by atoms with Gasteiger partial charge < -0.3 is 19.3 Å². The second-order valence-corrected chi connectivity index (χ2v) is 6.06. The molecule has 2 fully saturated rings. The van der Waals surface area contributed by atoms with Gasteiger partial charge in [-0.3, -0.25) is 4.21 Å². The fourth-order valence-corrected chi connectivity index (χ4v) is 1.31. The minimum atomic E-state index is -0.611. The van der Waals surface area contributed by atoms with Gasteiger partial charge in [0.25, 0.3) is 0 Å². The fourth-order valence-electron chi connectivity index (χ4n) is 1.31. The quantitative estimate of drug-likeness (QED) is 0.619. The molecule has 0 aromatic carbocycles. The van der Waals surface area contributed by atoms with Crippen LogP contribution in [-0.4, -0.2) is 93.2 Å². The molecule has 2 heterocycles. The van der Waals surface area contributed by atoms with Gasteiger partial charge in [-0.15, -0.1) is 0 Å². The maximum absolute atomic E-state index is 9.56. The SMILES string of the molecule is CN1CCOCC1.CN1CCOCC1.CS(C)=O. The largest absolute Gasteiger partial charge is 0.379 e. The maximum atomic E-state index is 9.56. The molecule has 0 unspecified atom stereocenters. The number of likely N-dealkylation sites (N-methyl/N-ethyl adjacent to an activating group) is 2. The van der Waals surface area contributed by atoms with Crippen LogP contribution in [0.4, 0.5) is 0 Å². The Balaban J connectivity index is 0.000000253. The molecule has 5 nitrogen and oxygen atoms in total. The molecule has 18 heavy (non-hydrogen) atoms. The van der Waals surface area contributed by atoms with E-state index in [0.29, 0.717) is 0 Å². The third-order valence-corrected chi connectivity index (χ3v) is 2.47. The molecule has 0 aromatic rings. The van der Waals surface area contributed by atoms with Crippen molar-refractivity contribution in [3.63, 3.8) is 0 Å². The standard InChI is InChI=1S/2C5H11NO.C2H6OS/c2*1-6-2-4-7-5-3-6;1-4(2)3/h2*2-5H2,1H3;1-2H3. The first kappa shape index (κ1) is 18.0. The Morgan fingerprint density at radius 2 is 1.00 bits per heavy atom. The lowest BCUT2D eigenvalue weighted by Crippen LogP contribution is -2.32. The second-order valence-electron chi connectivity index (χ2n) is 4.57. The summed E-state index contributed by atoms with van der Waals surface area (Å²) in [5.41, 5.74) is 0. The first-order valence-electron chi connectivity index (χ1n) is 6.30. The number of rotatable bonds is 0. The summed E-state index contributed by atoms with van der Waals surface area (Å²) < 4.78 is 19.8. The number of hydrogen-bond acceptors (Lipinski definition) is 5. The van der Waals surface area contributed by atoms with E-state index in [-0.39, 0.29) is 0 Å². The van der Waals surface area contributed by atoms with Crippen molar-refractivity contribution in [3.8, 4) is 0 Å². The van der Waals surface area contributed by atoms with Crippen molar-refractivity contribution in [1.82, 2.24) is 9.80 Å². The van der Waals surface area contributed by atoms with Gasteiger partial charge in [0.05, 0.1) is 26.4 Å². The summed E-state index contributed by atoms with van der Waals surface area (Å²) in [5, 5.41) is 0. The van der Waals surface area contributed by atoms with Crippen molar-refractivity contribution < 1.29 is 13.7 Å². The molecule has 0 saturated carbocycles. The van der Waals surface area contributed by atoms with Crippen LogP contribution in [0.2, 0.25) is 0 Å². The monoisotopic (exact) mass is 280 g/mol. The lowest BCUT2D eigenvalue weighted by Gasteiger charge is -2.21. The first-order chi connectivity index (χ1) is 8.52. The number of ether oxygens (including phenoxy) is 2. The fraction of sp³-hybridized carbons (Fsp3) is 1.00. The van der Waals surface area contributed by atoms with Crippen molar-refractivity contribution in [2.24, 2.45) is 0 Å². The molecule has 0 bridgehead atoms. The van der Waals surface area contributed by atoms with Crippen LogP contribution in [-0.2, 0) is 20.3 Å². The summed E-state index contributed by atoms with van der Waals surface area (Å²) in [5.74, 6) is 0. The summed E-state index contributed by atoms with van der Waals surface area (Å²) in [6, 6.07) is 0. The molecule has 6 heteroatoms. The maximum Gasteiger partial charge on any atom is 0.0594 e. The Morgan fingerprint density at radius 1 is 0.778 bits per heavy atom. The van der Waals surface area contributed by atoms with Crippen LogP contribution in [0.15, 0.2) is 0 Å². The van der Waals surface area contributed by atoms with Crippen LogP contribution in [0.3, 0.4) is 0 Å². The molecular weight excluding hydrogens is 252 g/mol. The Hall–Kier alpha value is -0.0100. The lowest BCUT2D eigenvalue weighted by molar-refractivity contribution is 0.0502. The zero-order chi connectivity index (χ0) is 13.8. The summed E-state index contributed by atoms with van der Waals surface area (Å²) in [4.78, 5) is 4.53. The van der Waals surface area contributed by atoms with E-state index in [9.17, 15) is 4.21 Å². The summed E-state index contributed by atoms with van der Waals surface area (Å²) in [7, 11) is 3.62. The van der Waals surface area contributed by atoms with Crippen molar-refractivity contribution in [2.45, 2.75) is 0 Å². The second kappa shape index (κ2) is 12.0. The van der Waals surface area contributed by atoms with Crippen LogP contribution in [0, 0.1) is 0 Å².